The van der Waals surface area contributed by atoms with E-state index in [0.717, 1.165) is 0 Å². The number of rotatable bonds is 4. The monoisotopic (exact) mass is 285 g/mol. The van der Waals surface area contributed by atoms with E-state index in [4.69, 9.17) is 16.3 Å². The van der Waals surface area contributed by atoms with Gasteiger partial charge in [0.25, 0.3) is 0 Å². The van der Waals surface area contributed by atoms with Gasteiger partial charge in [0, 0.05) is 0 Å². The zero-order chi connectivity index (χ0) is 14.0. The number of nitro groups is 1. The van der Waals surface area contributed by atoms with Crippen LogP contribution in [0.4, 0.5) is 10.2 Å². The number of halogens is 2. The molecule has 2 aromatic rings. The van der Waals surface area contributed by atoms with Gasteiger partial charge in [-0.2, -0.15) is 4.68 Å². The first kappa shape index (κ1) is 13.3. The number of hydrogen-bond donors (Lipinski definition) is 0. The molecule has 0 saturated carbocycles. The molecule has 0 aliphatic rings. The zero-order valence-corrected chi connectivity index (χ0v) is 10.6. The number of ether oxygens (including phenoxy) is 1. The highest BCUT2D eigenvalue weighted by atomic mass is 35.5. The fourth-order valence-corrected chi connectivity index (χ4v) is 1.81. The van der Waals surface area contributed by atoms with Gasteiger partial charge in [0.15, 0.2) is 16.6 Å². The lowest BCUT2D eigenvalue weighted by Gasteiger charge is -2.03. The Morgan fingerprint density at radius 2 is 2.32 bits per heavy atom. The van der Waals surface area contributed by atoms with E-state index < -0.39 is 16.6 Å². The Labute approximate surface area is 112 Å². The highest BCUT2D eigenvalue weighted by Crippen LogP contribution is 2.23. The van der Waals surface area contributed by atoms with E-state index in [2.05, 4.69) is 5.10 Å². The molecule has 0 amide bonds. The highest BCUT2D eigenvalue weighted by Gasteiger charge is 2.19. The van der Waals surface area contributed by atoms with Crippen molar-refractivity contribution in [2.24, 2.45) is 0 Å². The van der Waals surface area contributed by atoms with Gasteiger partial charge < -0.3 is 14.9 Å². The van der Waals surface area contributed by atoms with Crippen LogP contribution < -0.4 is 4.74 Å². The summed E-state index contributed by atoms with van der Waals surface area (Å²) in [5, 5.41) is 14.2. The summed E-state index contributed by atoms with van der Waals surface area (Å²) in [6.45, 7) is 0.175. The maximum atomic E-state index is 13.5. The second kappa shape index (κ2) is 5.23. The van der Waals surface area contributed by atoms with Crippen LogP contribution in [0.3, 0.4) is 0 Å². The zero-order valence-electron chi connectivity index (χ0n) is 9.84. The minimum atomic E-state index is -0.673. The summed E-state index contributed by atoms with van der Waals surface area (Å²) in [5.74, 6) is -0.795. The summed E-state index contributed by atoms with van der Waals surface area (Å²) < 4.78 is 19.6. The molecule has 0 aliphatic heterocycles. The average Bonchev–Trinajstić information content (AvgIpc) is 2.70. The van der Waals surface area contributed by atoms with Crippen molar-refractivity contribution in [3.63, 3.8) is 0 Å². The second-order valence-electron chi connectivity index (χ2n) is 3.72. The smallest absolute Gasteiger partial charge is 0.408 e. The van der Waals surface area contributed by atoms with E-state index in [9.17, 15) is 14.5 Å². The molecule has 0 bridgehead atoms. The van der Waals surface area contributed by atoms with Crippen molar-refractivity contribution in [3.8, 4) is 5.75 Å². The van der Waals surface area contributed by atoms with Crippen LogP contribution in [-0.2, 0) is 6.54 Å². The third-order valence-electron chi connectivity index (χ3n) is 2.43. The summed E-state index contributed by atoms with van der Waals surface area (Å²) in [6, 6.07) is 4.40. The highest BCUT2D eigenvalue weighted by molar-refractivity contribution is 6.32. The standard InChI is InChI=1S/C11H9ClFN3O3/c1-19-10-3-2-7(4-9(10)13)5-15-6-8(12)11(14-15)16(17)18/h2-4,6H,5H2,1H3. The molecule has 1 heterocycles. The third kappa shape index (κ3) is 2.82. The van der Waals surface area contributed by atoms with E-state index >= 15 is 0 Å². The molecule has 0 radical (unpaired) electrons. The molecule has 1 aromatic carbocycles. The Morgan fingerprint density at radius 1 is 1.58 bits per heavy atom. The van der Waals surface area contributed by atoms with E-state index in [0.29, 0.717) is 5.56 Å². The van der Waals surface area contributed by atoms with Crippen LogP contribution in [0.2, 0.25) is 5.02 Å². The first-order chi connectivity index (χ1) is 9.01. The summed E-state index contributed by atoms with van der Waals surface area (Å²) in [6.07, 6.45) is 1.32. The molecule has 0 unspecified atom stereocenters. The van der Waals surface area contributed by atoms with Crippen LogP contribution in [0.25, 0.3) is 0 Å². The minimum Gasteiger partial charge on any atom is -0.494 e. The van der Waals surface area contributed by atoms with Crippen molar-refractivity contribution >= 4 is 17.4 Å². The normalized spacial score (nSPS) is 10.5. The van der Waals surface area contributed by atoms with Crippen molar-refractivity contribution in [2.75, 3.05) is 7.11 Å². The maximum Gasteiger partial charge on any atom is 0.408 e. The lowest BCUT2D eigenvalue weighted by atomic mass is 10.2. The van der Waals surface area contributed by atoms with Gasteiger partial charge in [-0.1, -0.05) is 17.7 Å². The van der Waals surface area contributed by atoms with Crippen molar-refractivity contribution in [1.82, 2.24) is 9.78 Å². The van der Waals surface area contributed by atoms with E-state index in [1.165, 1.54) is 30.1 Å². The summed E-state index contributed by atoms with van der Waals surface area (Å²) in [4.78, 5) is 9.92. The van der Waals surface area contributed by atoms with Crippen LogP contribution in [-0.4, -0.2) is 21.8 Å². The molecule has 0 atom stereocenters. The molecular formula is C11H9ClFN3O3. The molecule has 0 saturated heterocycles. The molecule has 0 N–H and O–H groups in total. The molecule has 1 aromatic heterocycles. The number of hydrogen-bond acceptors (Lipinski definition) is 4. The number of aromatic nitrogens is 2. The van der Waals surface area contributed by atoms with Gasteiger partial charge >= 0.3 is 5.82 Å². The van der Waals surface area contributed by atoms with Crippen LogP contribution in [0, 0.1) is 15.9 Å². The molecule has 0 spiro atoms. The van der Waals surface area contributed by atoms with Gasteiger partial charge in [-0.15, -0.1) is 0 Å². The fraction of sp³-hybridized carbons (Fsp3) is 0.182. The fourth-order valence-electron chi connectivity index (χ4n) is 1.59. The van der Waals surface area contributed by atoms with Crippen LogP contribution in [0.1, 0.15) is 5.56 Å². The summed E-state index contributed by atoms with van der Waals surface area (Å²) >= 11 is 5.67. The summed E-state index contributed by atoms with van der Waals surface area (Å²) in [7, 11) is 1.37. The van der Waals surface area contributed by atoms with Crippen molar-refractivity contribution in [1.29, 1.82) is 0 Å². The second-order valence-corrected chi connectivity index (χ2v) is 4.13. The van der Waals surface area contributed by atoms with Gasteiger partial charge in [-0.25, -0.2) is 4.39 Å². The Balaban J connectivity index is 2.24. The van der Waals surface area contributed by atoms with Gasteiger partial charge in [0.05, 0.1) is 25.0 Å². The van der Waals surface area contributed by atoms with E-state index in [1.807, 2.05) is 0 Å². The van der Waals surface area contributed by atoms with Crippen molar-refractivity contribution < 1.29 is 14.1 Å². The Hall–Kier alpha value is -2.15. The van der Waals surface area contributed by atoms with E-state index in [1.54, 1.807) is 6.07 Å². The number of nitrogens with zero attached hydrogens (tertiary/aromatic N) is 3. The number of benzene rings is 1. The molecule has 8 heteroatoms. The van der Waals surface area contributed by atoms with Crippen molar-refractivity contribution in [2.45, 2.75) is 6.54 Å². The molecule has 0 aliphatic carbocycles. The first-order valence-corrected chi connectivity index (χ1v) is 5.59. The maximum absolute atomic E-state index is 13.5. The number of methoxy groups -OCH3 is 1. The quantitative estimate of drug-likeness (QED) is 0.639. The lowest BCUT2D eigenvalue weighted by Crippen LogP contribution is -2.02. The molecule has 19 heavy (non-hydrogen) atoms. The molecule has 6 nitrogen and oxygen atoms in total. The predicted molar refractivity (Wildman–Crippen MR) is 65.9 cm³/mol. The third-order valence-corrected chi connectivity index (χ3v) is 2.70. The van der Waals surface area contributed by atoms with Gasteiger partial charge in [0.1, 0.15) is 0 Å². The largest absolute Gasteiger partial charge is 0.494 e. The Morgan fingerprint density at radius 3 is 2.84 bits per heavy atom. The summed E-state index contributed by atoms with van der Waals surface area (Å²) in [5.41, 5.74) is 0.590. The van der Waals surface area contributed by atoms with Crippen LogP contribution in [0.15, 0.2) is 24.4 Å². The predicted octanol–water partition coefficient (Wildman–Crippen LogP) is 2.64. The molecule has 2 rings (SSSR count). The molecular weight excluding hydrogens is 277 g/mol. The van der Waals surface area contributed by atoms with Crippen LogP contribution >= 0.6 is 11.6 Å². The van der Waals surface area contributed by atoms with Crippen molar-refractivity contribution in [3.05, 3.63) is 50.9 Å². The van der Waals surface area contributed by atoms with Gasteiger partial charge in [-0.3, -0.25) is 0 Å². The lowest BCUT2D eigenvalue weighted by molar-refractivity contribution is -0.389. The Kier molecular flexibility index (Phi) is 3.66. The Bertz CT molecular complexity index is 630. The minimum absolute atomic E-state index is 0.0565. The average molecular weight is 286 g/mol. The van der Waals surface area contributed by atoms with Crippen LogP contribution in [0.5, 0.6) is 5.75 Å². The topological polar surface area (TPSA) is 70.2 Å². The van der Waals surface area contributed by atoms with E-state index in [-0.39, 0.29) is 17.3 Å². The van der Waals surface area contributed by atoms with Gasteiger partial charge in [0.2, 0.25) is 0 Å². The first-order valence-electron chi connectivity index (χ1n) is 5.21. The van der Waals surface area contributed by atoms with Gasteiger partial charge in [-0.05, 0) is 22.6 Å². The molecule has 0 fully saturated rings. The molecule has 100 valence electrons. The SMILES string of the molecule is COc1ccc(Cn2cc(Cl)c([N+](=O)[O-])n2)cc1F.